The van der Waals surface area contributed by atoms with E-state index in [9.17, 15) is 5.11 Å². The summed E-state index contributed by atoms with van der Waals surface area (Å²) in [6.07, 6.45) is 2.56. The number of aliphatic hydroxyl groups is 1. The van der Waals surface area contributed by atoms with E-state index in [2.05, 4.69) is 26.0 Å². The van der Waals surface area contributed by atoms with Gasteiger partial charge in [-0.2, -0.15) is 0 Å². The van der Waals surface area contributed by atoms with Gasteiger partial charge in [0.15, 0.2) is 0 Å². The van der Waals surface area contributed by atoms with E-state index in [1.807, 2.05) is 60.7 Å². The number of hydrogen-bond acceptors (Lipinski definition) is 3. The lowest BCUT2D eigenvalue weighted by Gasteiger charge is -2.26. The highest BCUT2D eigenvalue weighted by molar-refractivity contribution is 9.10. The lowest BCUT2D eigenvalue weighted by molar-refractivity contribution is 0.00378. The summed E-state index contributed by atoms with van der Waals surface area (Å²) in [5.74, 6) is 0. The maximum Gasteiger partial charge on any atom is 0.0924 e. The monoisotopic (exact) mass is 401 g/mol. The normalized spacial score (nSPS) is 14.7. The third kappa shape index (κ3) is 6.03. The third-order valence-electron chi connectivity index (χ3n) is 3.81. The molecular weight excluding hydrogens is 382 g/mol. The molecule has 6 heteroatoms. The fourth-order valence-corrected chi connectivity index (χ4v) is 2.44. The molecule has 0 radical (unpaired) electrons. The van der Waals surface area contributed by atoms with Crippen molar-refractivity contribution in [1.82, 2.24) is 0 Å². The van der Waals surface area contributed by atoms with Gasteiger partial charge in [0.05, 0.1) is 24.9 Å². The molecule has 0 amide bonds. The third-order valence-corrected chi connectivity index (χ3v) is 4.33. The number of nitrogens with zero attached hydrogens (tertiary/aromatic N) is 3. The van der Waals surface area contributed by atoms with Crippen LogP contribution >= 0.6 is 15.9 Å². The molecule has 5 nitrogen and oxygen atoms in total. The largest absolute Gasteiger partial charge is 0.390 e. The van der Waals surface area contributed by atoms with E-state index in [1.54, 1.807) is 13.0 Å². The van der Waals surface area contributed by atoms with E-state index in [0.29, 0.717) is 6.61 Å². The Bertz CT molecular complexity index is 743. The van der Waals surface area contributed by atoms with Gasteiger partial charge in [-0.15, -0.1) is 0 Å². The molecule has 0 fully saturated rings. The number of halogens is 1. The van der Waals surface area contributed by atoms with Gasteiger partial charge in [0.1, 0.15) is 0 Å². The van der Waals surface area contributed by atoms with Crippen LogP contribution in [0.4, 0.5) is 0 Å². The summed E-state index contributed by atoms with van der Waals surface area (Å²) in [7, 11) is 0. The zero-order chi connectivity index (χ0) is 18.1. The lowest BCUT2D eigenvalue weighted by Crippen LogP contribution is -2.38. The fourth-order valence-electron chi connectivity index (χ4n) is 2.18. The first-order chi connectivity index (χ1) is 12.0. The summed E-state index contributed by atoms with van der Waals surface area (Å²) in [5, 5.41) is 14.2. The van der Waals surface area contributed by atoms with Crippen LogP contribution in [0.1, 0.15) is 18.1 Å². The second kappa shape index (κ2) is 9.39. The first-order valence-corrected chi connectivity index (χ1v) is 8.63. The number of hydrogen-bond donors (Lipinski definition) is 1. The standard InChI is InChI=1S/C19H20BrN3O2/c1-19(22-23-21,12-11-15-7-9-17(20)10-8-15)18(24)14-25-13-16-5-3-2-4-6-16/h2-12,18,24H,13-14H2,1H3/b12-11+. The van der Waals surface area contributed by atoms with Gasteiger partial charge < -0.3 is 9.84 Å². The molecule has 0 heterocycles. The second-order valence-electron chi connectivity index (χ2n) is 5.82. The molecule has 0 saturated heterocycles. The Morgan fingerprint density at radius 2 is 1.92 bits per heavy atom. The van der Waals surface area contributed by atoms with Crippen molar-refractivity contribution in [2.24, 2.45) is 5.11 Å². The van der Waals surface area contributed by atoms with Gasteiger partial charge in [0.2, 0.25) is 0 Å². The van der Waals surface area contributed by atoms with Gasteiger partial charge in [-0.1, -0.05) is 75.7 Å². The molecule has 2 rings (SSSR count). The Hall–Kier alpha value is -2.11. The van der Waals surface area contributed by atoms with Gasteiger partial charge >= 0.3 is 0 Å². The molecule has 0 bridgehead atoms. The van der Waals surface area contributed by atoms with Crippen molar-refractivity contribution in [1.29, 1.82) is 0 Å². The van der Waals surface area contributed by atoms with E-state index >= 15 is 0 Å². The molecule has 25 heavy (non-hydrogen) atoms. The van der Waals surface area contributed by atoms with Crippen LogP contribution in [0, 0.1) is 0 Å². The Kier molecular flexibility index (Phi) is 7.22. The molecule has 0 aliphatic heterocycles. The molecule has 0 saturated carbocycles. The lowest BCUT2D eigenvalue weighted by atomic mass is 9.95. The van der Waals surface area contributed by atoms with Crippen molar-refractivity contribution in [2.45, 2.75) is 25.2 Å². The number of ether oxygens (including phenoxy) is 1. The fraction of sp³-hybridized carbons (Fsp3) is 0.263. The van der Waals surface area contributed by atoms with E-state index in [0.717, 1.165) is 15.6 Å². The molecule has 2 aromatic rings. The van der Waals surface area contributed by atoms with Crippen LogP contribution in [0.5, 0.6) is 0 Å². The van der Waals surface area contributed by atoms with Gasteiger partial charge in [-0.3, -0.25) is 0 Å². The van der Waals surface area contributed by atoms with Crippen LogP contribution in [0.3, 0.4) is 0 Å². The van der Waals surface area contributed by atoms with E-state index < -0.39 is 11.6 Å². The predicted molar refractivity (Wildman–Crippen MR) is 103 cm³/mol. The first kappa shape index (κ1) is 19.2. The van der Waals surface area contributed by atoms with Crippen molar-refractivity contribution in [2.75, 3.05) is 6.61 Å². The molecule has 2 unspecified atom stereocenters. The van der Waals surface area contributed by atoms with Crippen LogP contribution < -0.4 is 0 Å². The summed E-state index contributed by atoms with van der Waals surface area (Å²) in [6.45, 7) is 2.13. The van der Waals surface area contributed by atoms with Crippen LogP contribution in [0.15, 0.2) is 70.3 Å². The summed E-state index contributed by atoms with van der Waals surface area (Å²) >= 11 is 3.38. The Morgan fingerprint density at radius 1 is 1.24 bits per heavy atom. The minimum absolute atomic E-state index is 0.0646. The summed E-state index contributed by atoms with van der Waals surface area (Å²) in [5.41, 5.74) is 9.72. The van der Waals surface area contributed by atoms with Crippen molar-refractivity contribution >= 4 is 22.0 Å². The van der Waals surface area contributed by atoms with E-state index in [-0.39, 0.29) is 6.61 Å². The SMILES string of the molecule is CC(/C=C/c1ccc(Br)cc1)(N=[N+]=[N-])C(O)COCc1ccccc1. The first-order valence-electron chi connectivity index (χ1n) is 7.84. The van der Waals surface area contributed by atoms with Gasteiger partial charge in [-0.25, -0.2) is 0 Å². The predicted octanol–water partition coefficient (Wildman–Crippen LogP) is 5.11. The number of azide groups is 1. The molecule has 130 valence electrons. The summed E-state index contributed by atoms with van der Waals surface area (Å²) in [4.78, 5) is 2.87. The Labute approximate surface area is 155 Å². The second-order valence-corrected chi connectivity index (χ2v) is 6.73. The maximum atomic E-state index is 10.5. The molecule has 1 N–H and O–H groups in total. The smallest absolute Gasteiger partial charge is 0.0924 e. The van der Waals surface area contributed by atoms with Crippen LogP contribution in [-0.2, 0) is 11.3 Å². The average Bonchev–Trinajstić information content (AvgIpc) is 2.62. The molecule has 0 aromatic heterocycles. The molecule has 2 aromatic carbocycles. The highest BCUT2D eigenvalue weighted by Gasteiger charge is 2.29. The van der Waals surface area contributed by atoms with E-state index in [4.69, 9.17) is 10.3 Å². The van der Waals surface area contributed by atoms with Crippen LogP contribution in [0.25, 0.3) is 16.5 Å². The highest BCUT2D eigenvalue weighted by atomic mass is 79.9. The van der Waals surface area contributed by atoms with Crippen molar-refractivity contribution in [3.05, 3.63) is 86.7 Å². The number of benzene rings is 2. The minimum Gasteiger partial charge on any atom is -0.390 e. The summed E-state index contributed by atoms with van der Waals surface area (Å²) in [6, 6.07) is 17.4. The van der Waals surface area contributed by atoms with Gasteiger partial charge in [-0.05, 0) is 35.7 Å². The zero-order valence-corrected chi connectivity index (χ0v) is 15.5. The Balaban J connectivity index is 2.01. The average molecular weight is 402 g/mol. The van der Waals surface area contributed by atoms with Crippen LogP contribution in [-0.4, -0.2) is 23.4 Å². The van der Waals surface area contributed by atoms with Crippen molar-refractivity contribution < 1.29 is 9.84 Å². The highest BCUT2D eigenvalue weighted by Crippen LogP contribution is 2.21. The maximum absolute atomic E-state index is 10.5. The van der Waals surface area contributed by atoms with Gasteiger partial charge in [0, 0.05) is 9.38 Å². The summed E-state index contributed by atoms with van der Waals surface area (Å²) < 4.78 is 6.55. The topological polar surface area (TPSA) is 78.2 Å². The molecule has 0 spiro atoms. The molecule has 0 aliphatic carbocycles. The van der Waals surface area contributed by atoms with Gasteiger partial charge in [0.25, 0.3) is 0 Å². The van der Waals surface area contributed by atoms with Crippen molar-refractivity contribution in [3.8, 4) is 0 Å². The minimum atomic E-state index is -1.10. The molecular formula is C19H20BrN3O2. The van der Waals surface area contributed by atoms with E-state index in [1.165, 1.54) is 0 Å². The molecule has 2 atom stereocenters. The Morgan fingerprint density at radius 3 is 2.56 bits per heavy atom. The quantitative estimate of drug-likeness (QED) is 0.378. The molecule has 0 aliphatic rings. The van der Waals surface area contributed by atoms with Crippen molar-refractivity contribution in [3.63, 3.8) is 0 Å². The zero-order valence-electron chi connectivity index (χ0n) is 13.9. The number of aliphatic hydroxyl groups excluding tert-OH is 1. The number of rotatable bonds is 8. The van der Waals surface area contributed by atoms with Crippen LogP contribution in [0.2, 0.25) is 0 Å².